The zero-order valence-corrected chi connectivity index (χ0v) is 13.4. The molecule has 2 heterocycles. The number of fused-ring (bicyclic) bond motifs is 1. The first kappa shape index (κ1) is 15.8. The summed E-state index contributed by atoms with van der Waals surface area (Å²) in [5, 5.41) is 3.29. The molecule has 1 atom stereocenters. The fraction of sp³-hybridized carbons (Fsp3) is 0.529. The van der Waals surface area contributed by atoms with Gasteiger partial charge in [0.25, 0.3) is 0 Å². The molecule has 6 heteroatoms. The number of likely N-dealkylation sites (tertiary alicyclic amines) is 1. The Morgan fingerprint density at radius 2 is 2.09 bits per heavy atom. The molecule has 23 heavy (non-hydrogen) atoms. The van der Waals surface area contributed by atoms with Crippen LogP contribution in [-0.2, 0) is 4.79 Å². The number of piperidine rings is 1. The highest BCUT2D eigenvalue weighted by molar-refractivity contribution is 5.98. The maximum absolute atomic E-state index is 12.5. The first-order chi connectivity index (χ1) is 11.0. The molecule has 1 unspecified atom stereocenters. The Balaban J connectivity index is 1.60. The van der Waals surface area contributed by atoms with E-state index in [1.54, 1.807) is 0 Å². The average molecular weight is 317 g/mol. The van der Waals surface area contributed by atoms with Crippen molar-refractivity contribution in [2.45, 2.75) is 25.9 Å². The van der Waals surface area contributed by atoms with E-state index < -0.39 is 0 Å². The molecule has 0 spiro atoms. The van der Waals surface area contributed by atoms with Gasteiger partial charge >= 0.3 is 0 Å². The first-order valence-electron chi connectivity index (χ1n) is 8.12. The van der Waals surface area contributed by atoms with Gasteiger partial charge in [0.05, 0.1) is 18.8 Å². The zero-order valence-electron chi connectivity index (χ0n) is 13.4. The minimum atomic E-state index is -0.231. The topological polar surface area (TPSA) is 84.7 Å². The zero-order chi connectivity index (χ0) is 16.4. The SMILES string of the molecule is CC1CNc2cc(C(=O)CN3CCC(C(N)=O)CC3)ccc2O1. The van der Waals surface area contributed by atoms with Crippen molar-refractivity contribution in [3.05, 3.63) is 23.8 Å². The fourth-order valence-electron chi connectivity index (χ4n) is 3.13. The predicted molar refractivity (Wildman–Crippen MR) is 87.7 cm³/mol. The third-order valence-electron chi connectivity index (χ3n) is 4.57. The lowest BCUT2D eigenvalue weighted by molar-refractivity contribution is -0.123. The van der Waals surface area contributed by atoms with Crippen molar-refractivity contribution >= 4 is 17.4 Å². The van der Waals surface area contributed by atoms with E-state index in [9.17, 15) is 9.59 Å². The fourth-order valence-corrected chi connectivity index (χ4v) is 3.13. The molecule has 6 nitrogen and oxygen atoms in total. The normalized spacial score (nSPS) is 21.9. The molecule has 1 fully saturated rings. The van der Waals surface area contributed by atoms with E-state index in [-0.39, 0.29) is 23.7 Å². The number of benzene rings is 1. The van der Waals surface area contributed by atoms with Crippen molar-refractivity contribution in [2.24, 2.45) is 11.7 Å². The van der Waals surface area contributed by atoms with Gasteiger partial charge < -0.3 is 15.8 Å². The van der Waals surface area contributed by atoms with E-state index in [0.717, 1.165) is 43.9 Å². The van der Waals surface area contributed by atoms with E-state index in [2.05, 4.69) is 10.2 Å². The maximum Gasteiger partial charge on any atom is 0.220 e. The van der Waals surface area contributed by atoms with Crippen molar-refractivity contribution in [1.82, 2.24) is 4.90 Å². The van der Waals surface area contributed by atoms with Crippen LogP contribution in [0, 0.1) is 5.92 Å². The molecule has 2 aliphatic rings. The lowest BCUT2D eigenvalue weighted by atomic mass is 9.96. The Labute approximate surface area is 136 Å². The summed E-state index contributed by atoms with van der Waals surface area (Å²) in [6.07, 6.45) is 1.61. The number of hydrogen-bond acceptors (Lipinski definition) is 5. The molecule has 0 bridgehead atoms. The molecule has 124 valence electrons. The summed E-state index contributed by atoms with van der Waals surface area (Å²) in [6, 6.07) is 5.53. The Morgan fingerprint density at radius 3 is 2.78 bits per heavy atom. The summed E-state index contributed by atoms with van der Waals surface area (Å²) in [5.74, 6) is 0.604. The van der Waals surface area contributed by atoms with Gasteiger partial charge in [-0.25, -0.2) is 0 Å². The number of Topliss-reactive ketones (excluding diaryl/α,β-unsaturated/α-hetero) is 1. The van der Waals surface area contributed by atoms with E-state index in [0.29, 0.717) is 12.1 Å². The molecule has 0 saturated carbocycles. The van der Waals surface area contributed by atoms with E-state index in [4.69, 9.17) is 10.5 Å². The second-order valence-corrected chi connectivity index (χ2v) is 6.40. The molecule has 0 aromatic heterocycles. The van der Waals surface area contributed by atoms with Crippen molar-refractivity contribution in [3.8, 4) is 5.75 Å². The van der Waals surface area contributed by atoms with Crippen LogP contribution in [0.15, 0.2) is 18.2 Å². The number of ketones is 1. The largest absolute Gasteiger partial charge is 0.487 e. The maximum atomic E-state index is 12.5. The number of nitrogens with one attached hydrogen (secondary N) is 1. The highest BCUT2D eigenvalue weighted by Gasteiger charge is 2.25. The van der Waals surface area contributed by atoms with E-state index in [1.165, 1.54) is 0 Å². The van der Waals surface area contributed by atoms with Crippen LogP contribution in [0.3, 0.4) is 0 Å². The smallest absolute Gasteiger partial charge is 0.220 e. The number of hydrogen-bond donors (Lipinski definition) is 2. The van der Waals surface area contributed by atoms with Crippen molar-refractivity contribution in [3.63, 3.8) is 0 Å². The quantitative estimate of drug-likeness (QED) is 0.817. The number of anilines is 1. The molecule has 1 amide bonds. The van der Waals surface area contributed by atoms with Gasteiger partial charge in [0.1, 0.15) is 11.9 Å². The monoisotopic (exact) mass is 317 g/mol. The van der Waals surface area contributed by atoms with Crippen LogP contribution in [0.25, 0.3) is 0 Å². The van der Waals surface area contributed by atoms with Gasteiger partial charge in [-0.1, -0.05) is 0 Å². The summed E-state index contributed by atoms with van der Waals surface area (Å²) in [6.45, 7) is 4.60. The van der Waals surface area contributed by atoms with Gasteiger partial charge in [0, 0.05) is 11.5 Å². The summed E-state index contributed by atoms with van der Waals surface area (Å²) in [4.78, 5) is 25.7. The van der Waals surface area contributed by atoms with Crippen LogP contribution in [0.2, 0.25) is 0 Å². The van der Waals surface area contributed by atoms with Crippen molar-refractivity contribution < 1.29 is 14.3 Å². The van der Waals surface area contributed by atoms with Crippen LogP contribution >= 0.6 is 0 Å². The molecule has 0 radical (unpaired) electrons. The second kappa shape index (κ2) is 6.58. The first-order valence-corrected chi connectivity index (χ1v) is 8.12. The number of rotatable bonds is 4. The molecule has 2 aliphatic heterocycles. The summed E-state index contributed by atoms with van der Waals surface area (Å²) >= 11 is 0. The number of nitrogens with two attached hydrogens (primary N) is 1. The van der Waals surface area contributed by atoms with Gasteiger partial charge in [-0.3, -0.25) is 14.5 Å². The van der Waals surface area contributed by atoms with Crippen LogP contribution in [0.1, 0.15) is 30.1 Å². The van der Waals surface area contributed by atoms with Gasteiger partial charge in [-0.05, 0) is 51.1 Å². The van der Waals surface area contributed by atoms with Gasteiger partial charge in [0.2, 0.25) is 5.91 Å². The number of carbonyl (C=O) groups excluding carboxylic acids is 2. The van der Waals surface area contributed by atoms with E-state index >= 15 is 0 Å². The molecule has 1 saturated heterocycles. The molecule has 3 rings (SSSR count). The van der Waals surface area contributed by atoms with Gasteiger partial charge in [-0.15, -0.1) is 0 Å². The summed E-state index contributed by atoms with van der Waals surface area (Å²) in [5.41, 5.74) is 6.90. The summed E-state index contributed by atoms with van der Waals surface area (Å²) in [7, 11) is 0. The van der Waals surface area contributed by atoms with Crippen LogP contribution in [0.5, 0.6) is 5.75 Å². The third kappa shape index (κ3) is 3.64. The lowest BCUT2D eigenvalue weighted by Gasteiger charge is -2.30. The molecular formula is C17H23N3O3. The second-order valence-electron chi connectivity index (χ2n) is 6.40. The van der Waals surface area contributed by atoms with Gasteiger partial charge in [0.15, 0.2) is 5.78 Å². The third-order valence-corrected chi connectivity index (χ3v) is 4.57. The molecule has 1 aromatic carbocycles. The average Bonchev–Trinajstić information content (AvgIpc) is 2.54. The van der Waals surface area contributed by atoms with Crippen LogP contribution in [0.4, 0.5) is 5.69 Å². The Hall–Kier alpha value is -2.08. The van der Waals surface area contributed by atoms with Crippen LogP contribution < -0.4 is 15.8 Å². The van der Waals surface area contributed by atoms with Crippen molar-refractivity contribution in [1.29, 1.82) is 0 Å². The molecule has 1 aromatic rings. The minimum absolute atomic E-state index is 0.0477. The van der Waals surface area contributed by atoms with Crippen molar-refractivity contribution in [2.75, 3.05) is 31.5 Å². The number of ether oxygens (including phenoxy) is 1. The summed E-state index contributed by atoms with van der Waals surface area (Å²) < 4.78 is 5.72. The van der Waals surface area contributed by atoms with Gasteiger partial charge in [-0.2, -0.15) is 0 Å². The number of carbonyl (C=O) groups is 2. The number of nitrogens with zero attached hydrogens (tertiary/aromatic N) is 1. The Bertz CT molecular complexity index is 609. The van der Waals surface area contributed by atoms with E-state index in [1.807, 2.05) is 25.1 Å². The highest BCUT2D eigenvalue weighted by atomic mass is 16.5. The predicted octanol–water partition coefficient (Wildman–Crippen LogP) is 1.26. The lowest BCUT2D eigenvalue weighted by Crippen LogP contribution is -2.40. The number of amides is 1. The Kier molecular flexibility index (Phi) is 4.52. The van der Waals surface area contributed by atoms with Crippen LogP contribution in [-0.4, -0.2) is 48.9 Å². The standard InChI is InChI=1S/C17H23N3O3/c1-11-9-19-14-8-13(2-3-16(14)23-11)15(21)10-20-6-4-12(5-7-20)17(18)22/h2-3,8,11-12,19H,4-7,9-10H2,1H3,(H2,18,22). The minimum Gasteiger partial charge on any atom is -0.487 e. The molecule has 0 aliphatic carbocycles. The highest BCUT2D eigenvalue weighted by Crippen LogP contribution is 2.30. The number of primary amides is 1. The molecule has 3 N–H and O–H groups in total. The molecular weight excluding hydrogens is 294 g/mol. The Morgan fingerprint density at radius 1 is 1.35 bits per heavy atom.